The van der Waals surface area contributed by atoms with E-state index in [0.717, 1.165) is 38.0 Å². The molecular formula is C22H27N3O2. The molecule has 0 saturated carbocycles. The van der Waals surface area contributed by atoms with E-state index in [4.69, 9.17) is 0 Å². The average Bonchev–Trinajstić information content (AvgIpc) is 2.70. The van der Waals surface area contributed by atoms with E-state index in [9.17, 15) is 9.59 Å². The fourth-order valence-electron chi connectivity index (χ4n) is 3.31. The molecule has 0 aliphatic carbocycles. The maximum atomic E-state index is 12.0. The van der Waals surface area contributed by atoms with Crippen LogP contribution < -0.4 is 10.6 Å². The van der Waals surface area contributed by atoms with Gasteiger partial charge in [-0.05, 0) is 43.0 Å². The van der Waals surface area contributed by atoms with Crippen LogP contribution in [-0.2, 0) is 17.8 Å². The fraction of sp³-hybridized carbons (Fsp3) is 0.364. The van der Waals surface area contributed by atoms with E-state index in [1.165, 1.54) is 11.1 Å². The molecule has 2 amide bonds. The number of hydrogen-bond donors (Lipinski definition) is 2. The topological polar surface area (TPSA) is 61.4 Å². The highest BCUT2D eigenvalue weighted by molar-refractivity contribution is 5.96. The molecule has 0 atom stereocenters. The summed E-state index contributed by atoms with van der Waals surface area (Å²) in [5.41, 5.74) is 4.53. The molecule has 5 nitrogen and oxygen atoms in total. The molecule has 1 heterocycles. The quantitative estimate of drug-likeness (QED) is 0.740. The molecule has 1 aliphatic heterocycles. The Bertz CT molecular complexity index is 786. The van der Waals surface area contributed by atoms with Crippen molar-refractivity contribution in [3.05, 3.63) is 70.8 Å². The Balaban J connectivity index is 1.31. The smallest absolute Gasteiger partial charge is 0.251 e. The number of benzene rings is 2. The summed E-state index contributed by atoms with van der Waals surface area (Å²) in [4.78, 5) is 26.3. The first-order valence-corrected chi connectivity index (χ1v) is 9.52. The predicted molar refractivity (Wildman–Crippen MR) is 107 cm³/mol. The maximum absolute atomic E-state index is 12.0. The first-order chi connectivity index (χ1) is 13.1. The lowest BCUT2D eigenvalue weighted by molar-refractivity contribution is -0.120. The van der Waals surface area contributed by atoms with Crippen molar-refractivity contribution in [3.8, 4) is 0 Å². The van der Waals surface area contributed by atoms with E-state index in [1.54, 1.807) is 12.1 Å². The van der Waals surface area contributed by atoms with Gasteiger partial charge in [-0.25, -0.2) is 0 Å². The van der Waals surface area contributed by atoms with Crippen molar-refractivity contribution in [3.63, 3.8) is 0 Å². The summed E-state index contributed by atoms with van der Waals surface area (Å²) in [7, 11) is 0. The van der Waals surface area contributed by atoms with E-state index >= 15 is 0 Å². The van der Waals surface area contributed by atoms with Gasteiger partial charge < -0.3 is 10.6 Å². The Hall–Kier alpha value is -2.66. The summed E-state index contributed by atoms with van der Waals surface area (Å²) in [5.74, 6) is -0.378. The number of carbonyl (C=O) groups is 2. The zero-order chi connectivity index (χ0) is 19.1. The number of nitrogens with zero attached hydrogens (tertiary/aromatic N) is 1. The van der Waals surface area contributed by atoms with Crippen LogP contribution in [-0.4, -0.2) is 42.9 Å². The first-order valence-electron chi connectivity index (χ1n) is 9.52. The average molecular weight is 365 g/mol. The van der Waals surface area contributed by atoms with Crippen molar-refractivity contribution in [1.82, 2.24) is 15.5 Å². The summed E-state index contributed by atoms with van der Waals surface area (Å²) in [6, 6.07) is 15.9. The molecule has 5 heteroatoms. The molecule has 27 heavy (non-hydrogen) atoms. The SMILES string of the molecule is Cc1ccc(C(=O)NCC(=O)NCCCN2CCc3ccccc3C2)cc1. The van der Waals surface area contributed by atoms with Crippen molar-refractivity contribution in [1.29, 1.82) is 0 Å². The molecule has 0 saturated heterocycles. The van der Waals surface area contributed by atoms with Crippen molar-refractivity contribution < 1.29 is 9.59 Å². The van der Waals surface area contributed by atoms with E-state index < -0.39 is 0 Å². The molecule has 0 aromatic heterocycles. The summed E-state index contributed by atoms with van der Waals surface area (Å²) in [5, 5.41) is 5.54. The Morgan fingerprint density at radius 2 is 1.74 bits per heavy atom. The number of fused-ring (bicyclic) bond motifs is 1. The lowest BCUT2D eigenvalue weighted by atomic mass is 10.00. The molecule has 0 bridgehead atoms. The lowest BCUT2D eigenvalue weighted by Gasteiger charge is -2.28. The monoisotopic (exact) mass is 365 g/mol. The molecule has 2 aromatic rings. The van der Waals surface area contributed by atoms with Crippen LogP contribution >= 0.6 is 0 Å². The molecule has 0 radical (unpaired) electrons. The maximum Gasteiger partial charge on any atom is 0.251 e. The zero-order valence-corrected chi connectivity index (χ0v) is 15.8. The second-order valence-electron chi connectivity index (χ2n) is 7.05. The Morgan fingerprint density at radius 3 is 2.52 bits per heavy atom. The minimum absolute atomic E-state index is 0.00377. The van der Waals surface area contributed by atoms with Gasteiger partial charge in [0.1, 0.15) is 0 Å². The lowest BCUT2D eigenvalue weighted by Crippen LogP contribution is -2.38. The summed E-state index contributed by atoms with van der Waals surface area (Å²) >= 11 is 0. The third-order valence-corrected chi connectivity index (χ3v) is 4.91. The minimum atomic E-state index is -0.225. The number of hydrogen-bond acceptors (Lipinski definition) is 3. The number of nitrogens with one attached hydrogen (secondary N) is 2. The molecule has 3 rings (SSSR count). The molecule has 142 valence electrons. The number of aryl methyl sites for hydroxylation is 1. The molecule has 1 aliphatic rings. The summed E-state index contributed by atoms with van der Waals surface area (Å²) < 4.78 is 0. The van der Waals surface area contributed by atoms with Gasteiger partial charge in [0.2, 0.25) is 5.91 Å². The van der Waals surface area contributed by atoms with Gasteiger partial charge in [-0.3, -0.25) is 14.5 Å². The minimum Gasteiger partial charge on any atom is -0.355 e. The van der Waals surface area contributed by atoms with Crippen molar-refractivity contribution >= 4 is 11.8 Å². The van der Waals surface area contributed by atoms with Gasteiger partial charge >= 0.3 is 0 Å². The summed E-state index contributed by atoms with van der Waals surface area (Å²) in [6.45, 7) is 5.61. The van der Waals surface area contributed by atoms with Crippen LogP contribution in [0.15, 0.2) is 48.5 Å². The standard InChI is InChI=1S/C22H27N3O2/c1-17-7-9-19(10-8-17)22(27)24-15-21(26)23-12-4-13-25-14-11-18-5-2-3-6-20(18)16-25/h2-3,5-10H,4,11-16H2,1H3,(H,23,26)(H,24,27). The van der Waals surface area contributed by atoms with Gasteiger partial charge in [0.15, 0.2) is 0 Å². The molecule has 0 spiro atoms. The third kappa shape index (κ3) is 5.66. The van der Waals surface area contributed by atoms with Crippen LogP contribution in [0.2, 0.25) is 0 Å². The Morgan fingerprint density at radius 1 is 1.00 bits per heavy atom. The van der Waals surface area contributed by atoms with Crippen LogP contribution in [0.5, 0.6) is 0 Å². The Kier molecular flexibility index (Phi) is 6.60. The van der Waals surface area contributed by atoms with Crippen LogP contribution in [0.4, 0.5) is 0 Å². The number of rotatable bonds is 7. The van der Waals surface area contributed by atoms with Crippen LogP contribution in [0.25, 0.3) is 0 Å². The molecule has 0 fully saturated rings. The van der Waals surface area contributed by atoms with Gasteiger partial charge in [-0.1, -0.05) is 42.0 Å². The van der Waals surface area contributed by atoms with Crippen molar-refractivity contribution in [2.75, 3.05) is 26.2 Å². The number of amides is 2. The Labute approximate surface area is 160 Å². The van der Waals surface area contributed by atoms with E-state index in [0.29, 0.717) is 12.1 Å². The van der Waals surface area contributed by atoms with Crippen LogP contribution in [0.3, 0.4) is 0 Å². The second kappa shape index (κ2) is 9.33. The molecular weight excluding hydrogens is 338 g/mol. The molecule has 2 N–H and O–H groups in total. The molecule has 0 unspecified atom stereocenters. The predicted octanol–water partition coefficient (Wildman–Crippen LogP) is 2.29. The van der Waals surface area contributed by atoms with E-state index in [-0.39, 0.29) is 18.4 Å². The second-order valence-corrected chi connectivity index (χ2v) is 7.05. The van der Waals surface area contributed by atoms with Gasteiger partial charge in [-0.2, -0.15) is 0 Å². The highest BCUT2D eigenvalue weighted by Crippen LogP contribution is 2.18. The van der Waals surface area contributed by atoms with Gasteiger partial charge in [-0.15, -0.1) is 0 Å². The largest absolute Gasteiger partial charge is 0.355 e. The number of carbonyl (C=O) groups excluding carboxylic acids is 2. The normalized spacial score (nSPS) is 13.7. The van der Waals surface area contributed by atoms with Gasteiger partial charge in [0, 0.05) is 31.7 Å². The highest BCUT2D eigenvalue weighted by atomic mass is 16.2. The van der Waals surface area contributed by atoms with E-state index in [2.05, 4.69) is 39.8 Å². The van der Waals surface area contributed by atoms with Gasteiger partial charge in [0.25, 0.3) is 5.91 Å². The van der Waals surface area contributed by atoms with Gasteiger partial charge in [0.05, 0.1) is 6.54 Å². The highest BCUT2D eigenvalue weighted by Gasteiger charge is 2.15. The van der Waals surface area contributed by atoms with Crippen molar-refractivity contribution in [2.45, 2.75) is 26.3 Å². The zero-order valence-electron chi connectivity index (χ0n) is 15.8. The van der Waals surface area contributed by atoms with E-state index in [1.807, 2.05) is 19.1 Å². The van der Waals surface area contributed by atoms with Crippen LogP contribution in [0, 0.1) is 6.92 Å². The third-order valence-electron chi connectivity index (χ3n) is 4.91. The fourth-order valence-corrected chi connectivity index (χ4v) is 3.31. The van der Waals surface area contributed by atoms with Crippen molar-refractivity contribution in [2.24, 2.45) is 0 Å². The summed E-state index contributed by atoms with van der Waals surface area (Å²) in [6.07, 6.45) is 1.99. The first kappa shape index (κ1) is 19.1. The van der Waals surface area contributed by atoms with Crippen LogP contribution in [0.1, 0.15) is 33.5 Å². The molecule has 2 aromatic carbocycles.